The summed E-state index contributed by atoms with van der Waals surface area (Å²) >= 11 is 1.49. The van der Waals surface area contributed by atoms with Crippen molar-refractivity contribution >= 4 is 32.9 Å². The van der Waals surface area contributed by atoms with Crippen molar-refractivity contribution in [2.24, 2.45) is 0 Å². The second-order valence-corrected chi connectivity index (χ2v) is 6.32. The molecule has 4 nitrogen and oxygen atoms in total. The largest absolute Gasteiger partial charge is 0.486 e. The zero-order valence-corrected chi connectivity index (χ0v) is 13.7. The van der Waals surface area contributed by atoms with Crippen LogP contribution in [0.1, 0.15) is 5.01 Å². The Bertz CT molecular complexity index is 948. The van der Waals surface area contributed by atoms with Gasteiger partial charge in [0.2, 0.25) is 5.13 Å². The van der Waals surface area contributed by atoms with Crippen molar-refractivity contribution in [2.75, 3.05) is 5.32 Å². The van der Waals surface area contributed by atoms with Crippen molar-refractivity contribution in [1.29, 1.82) is 0 Å². The maximum atomic E-state index is 5.95. The van der Waals surface area contributed by atoms with Crippen LogP contribution in [0, 0.1) is 0 Å². The van der Waals surface area contributed by atoms with Crippen LogP contribution >= 0.6 is 11.3 Å². The Hall–Kier alpha value is -2.92. The highest BCUT2D eigenvalue weighted by Gasteiger charge is 2.07. The van der Waals surface area contributed by atoms with Gasteiger partial charge < -0.3 is 10.1 Å². The molecule has 5 heteroatoms. The Morgan fingerprint density at radius 3 is 2.54 bits per heavy atom. The van der Waals surface area contributed by atoms with Gasteiger partial charge >= 0.3 is 0 Å². The summed E-state index contributed by atoms with van der Waals surface area (Å²) in [5, 5.41) is 15.5. The second-order valence-electron chi connectivity index (χ2n) is 5.26. The number of aromatic nitrogens is 2. The molecule has 4 rings (SSSR count). The van der Waals surface area contributed by atoms with Gasteiger partial charge in [-0.3, -0.25) is 0 Å². The van der Waals surface area contributed by atoms with Crippen LogP contribution < -0.4 is 10.1 Å². The van der Waals surface area contributed by atoms with E-state index in [1.807, 2.05) is 54.6 Å². The van der Waals surface area contributed by atoms with Crippen molar-refractivity contribution in [2.45, 2.75) is 6.61 Å². The minimum atomic E-state index is 0.405. The lowest BCUT2D eigenvalue weighted by molar-refractivity contribution is 0.308. The van der Waals surface area contributed by atoms with E-state index >= 15 is 0 Å². The summed E-state index contributed by atoms with van der Waals surface area (Å²) in [4.78, 5) is 0. The molecule has 0 aliphatic carbocycles. The topological polar surface area (TPSA) is 47.0 Å². The van der Waals surface area contributed by atoms with Gasteiger partial charge in [-0.15, -0.1) is 10.2 Å². The molecule has 1 heterocycles. The fraction of sp³-hybridized carbons (Fsp3) is 0.0526. The van der Waals surface area contributed by atoms with E-state index < -0.39 is 0 Å². The predicted octanol–water partition coefficient (Wildman–Crippen LogP) is 5.01. The first-order valence-electron chi connectivity index (χ1n) is 7.63. The molecule has 118 valence electrons. The van der Waals surface area contributed by atoms with Crippen LogP contribution in [0.4, 0.5) is 10.8 Å². The number of hydrogen-bond acceptors (Lipinski definition) is 5. The minimum Gasteiger partial charge on any atom is -0.486 e. The highest BCUT2D eigenvalue weighted by molar-refractivity contribution is 7.15. The molecule has 0 aliphatic heterocycles. The van der Waals surface area contributed by atoms with E-state index in [1.54, 1.807) is 0 Å². The quantitative estimate of drug-likeness (QED) is 0.557. The highest BCUT2D eigenvalue weighted by Crippen LogP contribution is 2.27. The van der Waals surface area contributed by atoms with Crippen molar-refractivity contribution in [3.05, 3.63) is 77.8 Å². The molecule has 0 radical (unpaired) electrons. The maximum Gasteiger partial charge on any atom is 0.210 e. The fourth-order valence-corrected chi connectivity index (χ4v) is 3.14. The third-order valence-corrected chi connectivity index (χ3v) is 4.40. The van der Waals surface area contributed by atoms with Crippen LogP contribution in [0.2, 0.25) is 0 Å². The summed E-state index contributed by atoms with van der Waals surface area (Å²) in [6.45, 7) is 0.405. The Morgan fingerprint density at radius 2 is 1.62 bits per heavy atom. The van der Waals surface area contributed by atoms with Crippen molar-refractivity contribution in [3.8, 4) is 5.75 Å². The number of nitrogens with one attached hydrogen (secondary N) is 1. The Kier molecular flexibility index (Phi) is 4.08. The molecule has 0 unspecified atom stereocenters. The van der Waals surface area contributed by atoms with Gasteiger partial charge in [-0.05, 0) is 23.6 Å². The molecule has 0 amide bonds. The zero-order valence-electron chi connectivity index (χ0n) is 12.8. The molecular formula is C19H15N3OS. The molecule has 4 aromatic rings. The third kappa shape index (κ3) is 3.21. The highest BCUT2D eigenvalue weighted by atomic mass is 32.1. The van der Waals surface area contributed by atoms with Crippen LogP contribution in [-0.2, 0) is 6.61 Å². The summed E-state index contributed by atoms with van der Waals surface area (Å²) in [5.41, 5.74) is 0.996. The van der Waals surface area contributed by atoms with E-state index in [0.717, 1.165) is 27.0 Å². The predicted molar refractivity (Wildman–Crippen MR) is 97.9 cm³/mol. The lowest BCUT2D eigenvalue weighted by Gasteiger charge is -2.07. The second kappa shape index (κ2) is 6.68. The van der Waals surface area contributed by atoms with Crippen molar-refractivity contribution in [3.63, 3.8) is 0 Å². The van der Waals surface area contributed by atoms with E-state index in [4.69, 9.17) is 4.74 Å². The molecule has 1 aromatic heterocycles. The Labute approximate surface area is 143 Å². The molecule has 0 aliphatic rings. The van der Waals surface area contributed by atoms with Crippen LogP contribution in [0.15, 0.2) is 72.8 Å². The van der Waals surface area contributed by atoms with Gasteiger partial charge in [0.1, 0.15) is 12.4 Å². The smallest absolute Gasteiger partial charge is 0.210 e. The van der Waals surface area contributed by atoms with Gasteiger partial charge in [0, 0.05) is 11.1 Å². The molecule has 0 bridgehead atoms. The lowest BCUT2D eigenvalue weighted by atomic mass is 10.1. The maximum absolute atomic E-state index is 5.95. The normalized spacial score (nSPS) is 10.7. The molecular weight excluding hydrogens is 318 g/mol. The van der Waals surface area contributed by atoms with Gasteiger partial charge in [-0.2, -0.15) is 0 Å². The molecule has 1 N–H and O–H groups in total. The summed E-state index contributed by atoms with van der Waals surface area (Å²) < 4.78 is 5.95. The number of benzene rings is 3. The number of rotatable bonds is 5. The summed E-state index contributed by atoms with van der Waals surface area (Å²) in [6.07, 6.45) is 0. The Morgan fingerprint density at radius 1 is 0.833 bits per heavy atom. The average molecular weight is 333 g/mol. The van der Waals surface area contributed by atoms with Crippen LogP contribution in [0.25, 0.3) is 10.8 Å². The van der Waals surface area contributed by atoms with Gasteiger partial charge in [-0.25, -0.2) is 0 Å². The average Bonchev–Trinajstić information content (AvgIpc) is 3.08. The van der Waals surface area contributed by atoms with E-state index in [-0.39, 0.29) is 0 Å². The van der Waals surface area contributed by atoms with Crippen LogP contribution in [0.5, 0.6) is 5.75 Å². The van der Waals surface area contributed by atoms with Gasteiger partial charge in [0.15, 0.2) is 5.01 Å². The monoisotopic (exact) mass is 333 g/mol. The molecule has 24 heavy (non-hydrogen) atoms. The van der Waals surface area contributed by atoms with Crippen molar-refractivity contribution < 1.29 is 4.74 Å². The SMILES string of the molecule is c1ccc(Nc2nnc(COc3cccc4ccccc34)s2)cc1. The molecule has 0 spiro atoms. The minimum absolute atomic E-state index is 0.405. The number of anilines is 2. The van der Waals surface area contributed by atoms with Crippen LogP contribution in [-0.4, -0.2) is 10.2 Å². The number of para-hydroxylation sites is 1. The summed E-state index contributed by atoms with van der Waals surface area (Å²) in [5.74, 6) is 0.862. The first-order valence-corrected chi connectivity index (χ1v) is 8.45. The van der Waals surface area contributed by atoms with Gasteiger partial charge in [0.25, 0.3) is 0 Å². The molecule has 0 saturated carbocycles. The number of hydrogen-bond donors (Lipinski definition) is 1. The zero-order chi connectivity index (χ0) is 16.2. The third-order valence-electron chi connectivity index (χ3n) is 3.59. The first kappa shape index (κ1) is 14.7. The van der Waals surface area contributed by atoms with E-state index in [2.05, 4.69) is 33.7 Å². The first-order chi connectivity index (χ1) is 11.9. The molecule has 0 fully saturated rings. The number of nitrogens with zero attached hydrogens (tertiary/aromatic N) is 2. The molecule has 0 saturated heterocycles. The summed E-state index contributed by atoms with van der Waals surface area (Å²) in [6, 6.07) is 24.2. The lowest BCUT2D eigenvalue weighted by Crippen LogP contribution is -1.95. The van der Waals surface area contributed by atoms with Gasteiger partial charge in [0.05, 0.1) is 0 Å². The number of ether oxygens (including phenoxy) is 1. The van der Waals surface area contributed by atoms with Crippen molar-refractivity contribution in [1.82, 2.24) is 10.2 Å². The molecule has 3 aromatic carbocycles. The fourth-order valence-electron chi connectivity index (χ4n) is 2.47. The van der Waals surface area contributed by atoms with Crippen LogP contribution in [0.3, 0.4) is 0 Å². The summed E-state index contributed by atoms with van der Waals surface area (Å²) in [7, 11) is 0. The Balaban J connectivity index is 1.46. The van der Waals surface area contributed by atoms with Gasteiger partial charge in [-0.1, -0.05) is 65.9 Å². The van der Waals surface area contributed by atoms with E-state index in [0.29, 0.717) is 6.61 Å². The van der Waals surface area contributed by atoms with E-state index in [1.165, 1.54) is 16.7 Å². The standard InChI is InChI=1S/C19H15N3OS/c1-2-9-15(10-3-1)20-19-22-21-18(24-19)13-23-17-12-6-8-14-7-4-5-11-16(14)17/h1-12H,13H2,(H,20,22). The number of fused-ring (bicyclic) bond motifs is 1. The van der Waals surface area contributed by atoms with E-state index in [9.17, 15) is 0 Å². The molecule has 0 atom stereocenters.